The van der Waals surface area contributed by atoms with Gasteiger partial charge >= 0.3 is 0 Å². The second-order valence-electron chi connectivity index (χ2n) is 5.13. The molecule has 0 saturated heterocycles. The molecule has 0 fully saturated rings. The molecule has 0 aliphatic carbocycles. The van der Waals surface area contributed by atoms with Crippen LogP contribution in [0.5, 0.6) is 5.75 Å². The predicted octanol–water partition coefficient (Wildman–Crippen LogP) is 3.15. The van der Waals surface area contributed by atoms with Crippen molar-refractivity contribution in [1.82, 2.24) is 10.3 Å². The molecule has 0 bridgehead atoms. The van der Waals surface area contributed by atoms with Crippen LogP contribution in [0.15, 0.2) is 54.7 Å². The van der Waals surface area contributed by atoms with E-state index in [2.05, 4.69) is 10.3 Å². The van der Waals surface area contributed by atoms with Gasteiger partial charge in [-0.3, -0.25) is 4.79 Å². The number of benzene rings is 2. The molecule has 3 rings (SSSR count). The van der Waals surface area contributed by atoms with Gasteiger partial charge in [0.1, 0.15) is 5.75 Å². The first-order chi connectivity index (χ1) is 10.8. The highest BCUT2D eigenvalue weighted by atomic mass is 16.5. The van der Waals surface area contributed by atoms with E-state index in [1.54, 1.807) is 7.11 Å². The van der Waals surface area contributed by atoms with Gasteiger partial charge < -0.3 is 15.0 Å². The van der Waals surface area contributed by atoms with Crippen molar-refractivity contribution in [3.63, 3.8) is 0 Å². The average Bonchev–Trinajstić information content (AvgIpc) is 3.03. The summed E-state index contributed by atoms with van der Waals surface area (Å²) in [6.07, 6.45) is 2.66. The van der Waals surface area contributed by atoms with Gasteiger partial charge in [-0.1, -0.05) is 18.2 Å². The van der Waals surface area contributed by atoms with Crippen LogP contribution in [0.3, 0.4) is 0 Å². The highest BCUT2D eigenvalue weighted by Crippen LogP contribution is 2.14. The Labute approximate surface area is 129 Å². The molecule has 0 atom stereocenters. The molecule has 1 aromatic heterocycles. The normalized spacial score (nSPS) is 10.6. The van der Waals surface area contributed by atoms with E-state index in [9.17, 15) is 4.79 Å². The van der Waals surface area contributed by atoms with Crippen LogP contribution in [0, 0.1) is 0 Å². The smallest absolute Gasteiger partial charge is 0.251 e. The van der Waals surface area contributed by atoms with Gasteiger partial charge in [-0.15, -0.1) is 0 Å². The van der Waals surface area contributed by atoms with E-state index in [-0.39, 0.29) is 5.91 Å². The van der Waals surface area contributed by atoms with E-state index < -0.39 is 0 Å². The summed E-state index contributed by atoms with van der Waals surface area (Å²) in [5.41, 5.74) is 2.81. The predicted molar refractivity (Wildman–Crippen MR) is 87.3 cm³/mol. The van der Waals surface area contributed by atoms with Crippen LogP contribution in [-0.4, -0.2) is 24.5 Å². The highest BCUT2D eigenvalue weighted by Gasteiger charge is 2.06. The number of nitrogens with one attached hydrogen (secondary N) is 2. The molecule has 0 spiro atoms. The lowest BCUT2D eigenvalue weighted by Gasteiger charge is -2.06. The number of aromatic nitrogens is 1. The number of aromatic amines is 1. The number of methoxy groups -OCH3 is 1. The second-order valence-corrected chi connectivity index (χ2v) is 5.13. The Morgan fingerprint density at radius 2 is 1.95 bits per heavy atom. The van der Waals surface area contributed by atoms with E-state index >= 15 is 0 Å². The lowest BCUT2D eigenvalue weighted by molar-refractivity contribution is 0.0954. The van der Waals surface area contributed by atoms with E-state index in [4.69, 9.17) is 4.74 Å². The van der Waals surface area contributed by atoms with Gasteiger partial charge in [-0.2, -0.15) is 0 Å². The molecular weight excluding hydrogens is 276 g/mol. The molecule has 4 heteroatoms. The first kappa shape index (κ1) is 14.2. The van der Waals surface area contributed by atoms with Crippen molar-refractivity contribution < 1.29 is 9.53 Å². The summed E-state index contributed by atoms with van der Waals surface area (Å²) < 4.78 is 5.13. The van der Waals surface area contributed by atoms with Gasteiger partial charge in [-0.05, 0) is 47.7 Å². The Morgan fingerprint density at radius 3 is 2.73 bits per heavy atom. The first-order valence-corrected chi connectivity index (χ1v) is 7.24. The molecule has 0 aliphatic heterocycles. The van der Waals surface area contributed by atoms with E-state index in [0.29, 0.717) is 12.1 Å². The molecule has 2 aromatic carbocycles. The maximum atomic E-state index is 12.2. The number of amides is 1. The topological polar surface area (TPSA) is 54.1 Å². The SMILES string of the molecule is COc1ccc(CCNC(=O)c2ccc3cc[nH]c3c2)cc1. The molecule has 0 saturated carbocycles. The lowest BCUT2D eigenvalue weighted by Crippen LogP contribution is -2.25. The van der Waals surface area contributed by atoms with Crippen LogP contribution in [0.1, 0.15) is 15.9 Å². The minimum Gasteiger partial charge on any atom is -0.497 e. The monoisotopic (exact) mass is 294 g/mol. The van der Waals surface area contributed by atoms with Gasteiger partial charge in [0.15, 0.2) is 0 Å². The van der Waals surface area contributed by atoms with Crippen molar-refractivity contribution in [2.24, 2.45) is 0 Å². The molecule has 112 valence electrons. The number of ether oxygens (including phenoxy) is 1. The fraction of sp³-hybridized carbons (Fsp3) is 0.167. The van der Waals surface area contributed by atoms with Gasteiger partial charge in [-0.25, -0.2) is 0 Å². The first-order valence-electron chi connectivity index (χ1n) is 7.24. The molecule has 2 N–H and O–H groups in total. The average molecular weight is 294 g/mol. The van der Waals surface area contributed by atoms with Gasteiger partial charge in [0.25, 0.3) is 5.91 Å². The van der Waals surface area contributed by atoms with Crippen LogP contribution in [0.2, 0.25) is 0 Å². The summed E-state index contributed by atoms with van der Waals surface area (Å²) in [5, 5.41) is 4.06. The molecule has 0 radical (unpaired) electrons. The number of H-pyrrole nitrogens is 1. The van der Waals surface area contributed by atoms with Crippen molar-refractivity contribution >= 4 is 16.8 Å². The zero-order chi connectivity index (χ0) is 15.4. The Hall–Kier alpha value is -2.75. The zero-order valence-electron chi connectivity index (χ0n) is 12.4. The summed E-state index contributed by atoms with van der Waals surface area (Å²) in [4.78, 5) is 15.3. The van der Waals surface area contributed by atoms with E-state index in [1.165, 1.54) is 5.56 Å². The standard InChI is InChI=1S/C18H18N2O2/c1-22-16-6-2-13(3-7-16)8-10-20-18(21)15-5-4-14-9-11-19-17(14)12-15/h2-7,9,11-12,19H,8,10H2,1H3,(H,20,21). The third-order valence-electron chi connectivity index (χ3n) is 3.68. The highest BCUT2D eigenvalue weighted by molar-refractivity contribution is 5.97. The summed E-state index contributed by atoms with van der Waals surface area (Å²) in [6, 6.07) is 15.5. The fourth-order valence-corrected chi connectivity index (χ4v) is 2.40. The number of rotatable bonds is 5. The molecule has 3 aromatic rings. The summed E-state index contributed by atoms with van der Waals surface area (Å²) in [6.45, 7) is 0.605. The van der Waals surface area contributed by atoms with Crippen molar-refractivity contribution in [1.29, 1.82) is 0 Å². The minimum atomic E-state index is -0.0509. The van der Waals surface area contributed by atoms with Crippen LogP contribution in [-0.2, 0) is 6.42 Å². The molecule has 22 heavy (non-hydrogen) atoms. The number of hydrogen-bond acceptors (Lipinski definition) is 2. The second kappa shape index (κ2) is 6.35. The molecule has 1 amide bonds. The maximum absolute atomic E-state index is 12.2. The van der Waals surface area contributed by atoms with E-state index in [1.807, 2.05) is 54.7 Å². The Morgan fingerprint density at radius 1 is 1.14 bits per heavy atom. The van der Waals surface area contributed by atoms with Gasteiger partial charge in [0.05, 0.1) is 7.11 Å². The third kappa shape index (κ3) is 3.11. The van der Waals surface area contributed by atoms with Crippen LogP contribution in [0.25, 0.3) is 10.9 Å². The number of carbonyl (C=O) groups is 1. The van der Waals surface area contributed by atoms with Gasteiger partial charge in [0, 0.05) is 23.8 Å². The van der Waals surface area contributed by atoms with Crippen LogP contribution >= 0.6 is 0 Å². The number of carbonyl (C=O) groups excluding carboxylic acids is 1. The Kier molecular flexibility index (Phi) is 4.10. The molecule has 1 heterocycles. The maximum Gasteiger partial charge on any atom is 0.251 e. The fourth-order valence-electron chi connectivity index (χ4n) is 2.40. The lowest BCUT2D eigenvalue weighted by atomic mass is 10.1. The molecular formula is C18H18N2O2. The van der Waals surface area contributed by atoms with Crippen molar-refractivity contribution in [3.8, 4) is 5.75 Å². The van der Waals surface area contributed by atoms with Crippen LogP contribution in [0.4, 0.5) is 0 Å². The van der Waals surface area contributed by atoms with Crippen LogP contribution < -0.4 is 10.1 Å². The van der Waals surface area contributed by atoms with Crippen molar-refractivity contribution in [2.75, 3.05) is 13.7 Å². The Bertz CT molecular complexity index is 775. The van der Waals surface area contributed by atoms with Crippen molar-refractivity contribution in [2.45, 2.75) is 6.42 Å². The quantitative estimate of drug-likeness (QED) is 0.759. The Balaban J connectivity index is 1.57. The molecule has 0 unspecified atom stereocenters. The van der Waals surface area contributed by atoms with Gasteiger partial charge in [0.2, 0.25) is 0 Å². The van der Waals surface area contributed by atoms with E-state index in [0.717, 1.165) is 23.1 Å². The summed E-state index contributed by atoms with van der Waals surface area (Å²) >= 11 is 0. The van der Waals surface area contributed by atoms with Crippen molar-refractivity contribution in [3.05, 3.63) is 65.9 Å². The molecule has 4 nitrogen and oxygen atoms in total. The zero-order valence-corrected chi connectivity index (χ0v) is 12.4. The molecule has 0 aliphatic rings. The largest absolute Gasteiger partial charge is 0.497 e. The number of fused-ring (bicyclic) bond motifs is 1. The number of hydrogen-bond donors (Lipinski definition) is 2. The summed E-state index contributed by atoms with van der Waals surface area (Å²) in [7, 11) is 1.65. The summed E-state index contributed by atoms with van der Waals surface area (Å²) in [5.74, 6) is 0.789. The minimum absolute atomic E-state index is 0.0509. The third-order valence-corrected chi connectivity index (χ3v) is 3.68.